The Kier molecular flexibility index (Phi) is 40.9. The molecule has 3 heterocycles. The Balaban J connectivity index is 0.000000179. The van der Waals surface area contributed by atoms with E-state index in [-0.39, 0.29) is 18.1 Å². The van der Waals surface area contributed by atoms with Crippen LogP contribution < -0.4 is 0 Å². The Morgan fingerprint density at radius 1 is 0.438 bits per heavy atom. The Morgan fingerprint density at radius 2 is 0.792 bits per heavy atom. The van der Waals surface area contributed by atoms with Crippen LogP contribution in [-0.4, -0.2) is 169 Å². The van der Waals surface area contributed by atoms with Crippen LogP contribution in [0.2, 0.25) is 137 Å². The van der Waals surface area contributed by atoms with Crippen LogP contribution in [0.3, 0.4) is 0 Å². The topological polar surface area (TPSA) is 239 Å². The lowest BCUT2D eigenvalue weighted by Crippen LogP contribution is -2.69. The second-order valence-electron chi connectivity index (χ2n) is 46.4. The van der Waals surface area contributed by atoms with Crippen molar-refractivity contribution in [1.82, 2.24) is 0 Å². The summed E-state index contributed by atoms with van der Waals surface area (Å²) in [7, 11) is -12.5. The highest BCUT2D eigenvalue weighted by Gasteiger charge is 2.60. The van der Waals surface area contributed by atoms with E-state index in [0.717, 1.165) is 91.6 Å². The van der Waals surface area contributed by atoms with Gasteiger partial charge in [0.25, 0.3) is 0 Å². The molecule has 4 aliphatic carbocycles. The molecule has 7 fully saturated rings. The normalized spacial score (nSPS) is 23.4. The Morgan fingerprint density at radius 3 is 1.17 bits per heavy atom. The summed E-state index contributed by atoms with van der Waals surface area (Å²) in [5, 5.41) is 31.3. The number of nitriles is 2. The number of terminal acetylenes is 2. The van der Waals surface area contributed by atoms with E-state index in [9.17, 15) is 19.5 Å². The van der Waals surface area contributed by atoms with Crippen LogP contribution in [0.25, 0.3) is 0 Å². The second kappa shape index (κ2) is 50.5. The van der Waals surface area contributed by atoms with E-state index >= 15 is 0 Å². The van der Waals surface area contributed by atoms with Crippen molar-refractivity contribution in [1.29, 1.82) is 10.5 Å². The molecule has 0 amide bonds. The van der Waals surface area contributed by atoms with Gasteiger partial charge < -0.3 is 64.5 Å². The fourth-order valence-electron chi connectivity index (χ4n) is 18.4. The molecule has 7 aliphatic rings. The molecular formula is C116H156BrIN2O17Si7. The van der Waals surface area contributed by atoms with Crippen LogP contribution in [0.15, 0.2) is 174 Å². The van der Waals surface area contributed by atoms with E-state index in [2.05, 4.69) is 303 Å². The Hall–Kier alpha value is -7.44. The molecule has 28 heteroatoms. The maximum Gasteiger partial charge on any atom is 0.338 e. The molecule has 8 aromatic rings. The average molecular weight is 2250 g/mol. The molecule has 4 saturated carbocycles. The van der Waals surface area contributed by atoms with Crippen LogP contribution in [0.4, 0.5) is 0 Å². The largest absolute Gasteiger partial charge is 0.458 e. The number of esters is 3. The van der Waals surface area contributed by atoms with Gasteiger partial charge in [0.05, 0.1) is 42.6 Å². The summed E-state index contributed by atoms with van der Waals surface area (Å²) in [4.78, 5) is 36.4. The van der Waals surface area contributed by atoms with Crippen LogP contribution in [0.1, 0.15) is 215 Å². The summed E-state index contributed by atoms with van der Waals surface area (Å²) in [6, 6.07) is 63.4. The third-order valence-electron chi connectivity index (χ3n) is 25.7. The molecule has 0 spiro atoms. The number of nitrogens with zero attached hydrogens (tertiary/aromatic N) is 2. The lowest BCUT2D eigenvalue weighted by Gasteiger charge is -2.54. The maximum absolute atomic E-state index is 13.0. The quantitative estimate of drug-likeness (QED) is 0.0130. The zero-order valence-electron chi connectivity index (χ0n) is 89.9. The Labute approximate surface area is 889 Å². The van der Waals surface area contributed by atoms with Crippen molar-refractivity contribution in [3.05, 3.63) is 278 Å². The van der Waals surface area contributed by atoms with E-state index in [1.807, 2.05) is 80.6 Å². The molecule has 774 valence electrons. The van der Waals surface area contributed by atoms with E-state index in [4.69, 9.17) is 82.8 Å². The second-order valence-corrected chi connectivity index (χ2v) is 79.9. The van der Waals surface area contributed by atoms with Crippen molar-refractivity contribution in [2.75, 3.05) is 20.3 Å². The van der Waals surface area contributed by atoms with Crippen molar-refractivity contribution in [2.24, 2.45) is 5.92 Å². The lowest BCUT2D eigenvalue weighted by atomic mass is 9.83. The highest BCUT2D eigenvalue weighted by molar-refractivity contribution is 14.1. The van der Waals surface area contributed by atoms with Gasteiger partial charge in [-0.3, -0.25) is 9.59 Å². The first-order valence-corrected chi connectivity index (χ1v) is 77.0. The number of carbonyl (C=O) groups is 3. The van der Waals surface area contributed by atoms with Crippen LogP contribution in [-0.2, 0) is 105 Å². The minimum Gasteiger partial charge on any atom is -0.458 e. The molecule has 8 aromatic carbocycles. The number of ether oxygens (including phenoxy) is 6. The molecule has 3 aliphatic heterocycles. The van der Waals surface area contributed by atoms with Gasteiger partial charge >= 0.3 is 17.9 Å². The molecule has 15 rings (SSSR count). The van der Waals surface area contributed by atoms with E-state index < -0.39 is 143 Å². The monoisotopic (exact) mass is 2250 g/mol. The molecule has 14 atom stereocenters. The molecule has 3 saturated heterocycles. The van der Waals surface area contributed by atoms with Crippen LogP contribution in [0, 0.1) is 56.8 Å². The summed E-state index contributed by atoms with van der Waals surface area (Å²) in [6.07, 6.45) is 19.4. The molecular weight excluding hydrogens is 2100 g/mol. The Bertz CT molecular complexity index is 5710. The number of hydrogen-bond acceptors (Lipinski definition) is 19. The molecule has 0 aromatic heterocycles. The van der Waals surface area contributed by atoms with Gasteiger partial charge in [-0.1, -0.05) is 157 Å². The highest BCUT2D eigenvalue weighted by Crippen LogP contribution is 2.48. The zero-order chi connectivity index (χ0) is 106. The van der Waals surface area contributed by atoms with Gasteiger partial charge in [0.15, 0.2) is 76.5 Å². The predicted octanol–water partition coefficient (Wildman–Crippen LogP) is 26.3. The number of cyclic esters (lactones) is 1. The molecule has 1 N–H and O–H groups in total. The number of aliphatic hydroxyl groups is 1. The lowest BCUT2D eigenvalue weighted by molar-refractivity contribution is -0.348. The van der Waals surface area contributed by atoms with Gasteiger partial charge in [-0.25, -0.2) is 4.79 Å². The van der Waals surface area contributed by atoms with Gasteiger partial charge in [0.1, 0.15) is 48.8 Å². The van der Waals surface area contributed by atoms with E-state index in [1.165, 1.54) is 120 Å². The summed E-state index contributed by atoms with van der Waals surface area (Å²) < 4.78 is 84.1. The highest BCUT2D eigenvalue weighted by atomic mass is 127. The van der Waals surface area contributed by atoms with Gasteiger partial charge in [0.2, 0.25) is 5.79 Å². The molecule has 19 nitrogen and oxygen atoms in total. The van der Waals surface area contributed by atoms with Gasteiger partial charge in [0, 0.05) is 51.6 Å². The molecule has 0 unspecified atom stereocenters. The third-order valence-corrected chi connectivity index (χ3v) is 33.8. The van der Waals surface area contributed by atoms with Gasteiger partial charge in [-0.15, -0.1) is 12.8 Å². The smallest absolute Gasteiger partial charge is 0.338 e. The number of carbonyl (C=O) groups excluding carboxylic acids is 3. The van der Waals surface area contributed by atoms with Crippen molar-refractivity contribution >= 4 is 115 Å². The fraction of sp³-hybridized carbons (Fsp3) is 0.509. The number of methoxy groups -OCH3 is 1. The SMILES string of the molecule is C#Cc1ccc([C@@H]2O[C@H](CC)[C@@H](C)[C@H](OC(C)=O)[C@H]2OC(C)=O)cc1Cc1ccc(C2CC2)cc1.C#Cc1ccc([C@]2(O)O[C@H](CO[Si](C)(C)C)[C@@H](O[Si](C)(C)C)[C@H](O[Si](C)(C)C)[C@H]2O[Si](C)(C)C)cc1Cc1ccc(C2CC2)cc1.CO[C@H]1C(=O)O[C@H](CO[Si](C)(C)C)[C@@H](O[Si](C)(C)C)[C@@H]1O[Si](C)(C)C.N#Cc1ccc(Br)cc1Cc1ccc(C2CC2)cc1.N#Cc1ccc(I)cc1Cc1ccc(C2CC2)cc1. The van der Waals surface area contributed by atoms with Crippen molar-refractivity contribution < 1.29 is 78.9 Å². The maximum atomic E-state index is 13.0. The van der Waals surface area contributed by atoms with Crippen molar-refractivity contribution in [3.63, 3.8) is 0 Å². The first kappa shape index (κ1) is 117. The van der Waals surface area contributed by atoms with E-state index in [0.29, 0.717) is 37.5 Å². The number of rotatable bonds is 34. The van der Waals surface area contributed by atoms with Crippen molar-refractivity contribution in [2.45, 2.75) is 351 Å². The molecule has 0 bridgehead atoms. The first-order valence-electron chi connectivity index (χ1n) is 51.2. The van der Waals surface area contributed by atoms with Crippen LogP contribution >= 0.6 is 38.5 Å². The first-order chi connectivity index (χ1) is 67.5. The third kappa shape index (κ3) is 35.9. The minimum absolute atomic E-state index is 0.126. The standard InChI is InChI=1S/C36H58O6Si4.C30H34O5.C17H14BrN.C17H14IN.C16H36O6Si3/c1-14-27-21-22-31(24-30(27)23-26-15-17-28(18-16-26)29-19-20-29)36(37)35(42-46(11,12)13)34(41-45(8,9)10)33(40-44(5,6)7)32(39-36)25-38-43(2,3)4;1-6-22-12-15-25(17-26(22)16-21-8-10-23(11-9-21)24-13-14-24)29-30(34-20(5)32)28(33-19(4)31)18(3)27(7-2)35-29;2*18-17-8-7-15(11-19)16(10-17)9-12-1-3-13(4-2-12)14-5-6-14;1-18-15-14(22-25(8,9)10)13(21-24(5,6)7)12(20-16(15)17)11-19-23(2,3)4/h1,15-18,21-22,24,29,32-35,37H,19-20,23,25H2,2-13H3;1,8-12,15,17-18,24,27-30H,7,13-14,16H2,2-5H3;2*1-4,7-8,10,14H,5-6,9H2;12-15H,11H2,1-10H3/t32-,33-,34+,35-,36+;18-,27-,28+,29+,30-;;;12-,13-,14+,15-/m11..1/s1. The van der Waals surface area contributed by atoms with Crippen molar-refractivity contribution in [3.8, 4) is 36.8 Å². The molecule has 0 radical (unpaired) electrons. The summed E-state index contributed by atoms with van der Waals surface area (Å²) in [5.74, 6) is 5.49. The number of benzene rings is 8. The zero-order valence-corrected chi connectivity index (χ0v) is 101. The summed E-state index contributed by atoms with van der Waals surface area (Å²) in [6.45, 7) is 52.2. The van der Waals surface area contributed by atoms with Crippen LogP contribution in [0.5, 0.6) is 0 Å². The summed E-state index contributed by atoms with van der Waals surface area (Å²) >= 11 is 5.76. The van der Waals surface area contributed by atoms with Gasteiger partial charge in [-0.2, -0.15) is 10.5 Å². The van der Waals surface area contributed by atoms with Gasteiger partial charge in [-0.05, 0) is 394 Å². The minimum atomic E-state index is -2.25. The fourth-order valence-corrected chi connectivity index (χ4v) is 26.1. The molecule has 144 heavy (non-hydrogen) atoms. The van der Waals surface area contributed by atoms with E-state index in [1.54, 1.807) is 0 Å². The summed E-state index contributed by atoms with van der Waals surface area (Å²) in [5.41, 5.74) is 19.4. The number of halogens is 2. The number of hydrogen-bond donors (Lipinski definition) is 1. The average Bonchev–Trinajstić information content (AvgIpc) is 1.02. The predicted molar refractivity (Wildman–Crippen MR) is 604 cm³/mol.